The highest BCUT2D eigenvalue weighted by molar-refractivity contribution is 7.18. The summed E-state index contributed by atoms with van der Waals surface area (Å²) in [5.41, 5.74) is 3.53. The predicted octanol–water partition coefficient (Wildman–Crippen LogP) is 3.76. The van der Waals surface area contributed by atoms with Crippen molar-refractivity contribution in [3.05, 3.63) is 47.9 Å². The molecule has 3 aromatic rings. The molecule has 0 aliphatic heterocycles. The van der Waals surface area contributed by atoms with Gasteiger partial charge in [0.15, 0.2) is 5.01 Å². The quantitative estimate of drug-likeness (QED) is 0.800. The molecule has 0 bridgehead atoms. The Hall–Kier alpha value is -2.34. The maximum atomic E-state index is 13.0. The van der Waals surface area contributed by atoms with Gasteiger partial charge in [-0.15, -0.1) is 10.2 Å². The van der Waals surface area contributed by atoms with E-state index >= 15 is 0 Å². The van der Waals surface area contributed by atoms with Crippen molar-refractivity contribution in [2.24, 2.45) is 0 Å². The highest BCUT2D eigenvalue weighted by atomic mass is 32.1. The van der Waals surface area contributed by atoms with Crippen LogP contribution < -0.4 is 5.32 Å². The van der Waals surface area contributed by atoms with Crippen LogP contribution in [0, 0.1) is 12.7 Å². The van der Waals surface area contributed by atoms with Gasteiger partial charge in [-0.05, 0) is 43.3 Å². The lowest BCUT2D eigenvalue weighted by atomic mass is 10.1. The first-order valence-corrected chi connectivity index (χ1v) is 7.24. The minimum absolute atomic E-state index is 0.249. The molecule has 3 rings (SSSR count). The summed E-state index contributed by atoms with van der Waals surface area (Å²) in [6.45, 7) is 1.93. The molecular formula is C15H13FN4S. The topological polar surface area (TPSA) is 50.7 Å². The fraction of sp³-hybridized carbons (Fsp3) is 0.133. The molecule has 0 atom stereocenters. The number of anilines is 1. The molecule has 0 saturated carbocycles. The van der Waals surface area contributed by atoms with E-state index in [-0.39, 0.29) is 5.82 Å². The van der Waals surface area contributed by atoms with E-state index in [9.17, 15) is 4.39 Å². The minimum Gasteiger partial charge on any atom is -0.363 e. The van der Waals surface area contributed by atoms with Crippen molar-refractivity contribution < 1.29 is 4.39 Å². The second-order valence-corrected chi connectivity index (χ2v) is 5.48. The number of benzene rings is 1. The summed E-state index contributed by atoms with van der Waals surface area (Å²) in [5.74, 6) is -0.249. The summed E-state index contributed by atoms with van der Waals surface area (Å²) in [7, 11) is 1.81. The van der Waals surface area contributed by atoms with Crippen molar-refractivity contribution in [3.63, 3.8) is 0 Å². The van der Waals surface area contributed by atoms with Crippen LogP contribution in [-0.2, 0) is 0 Å². The van der Waals surface area contributed by atoms with E-state index in [4.69, 9.17) is 0 Å². The molecule has 2 heterocycles. The molecule has 6 heteroatoms. The van der Waals surface area contributed by atoms with Crippen molar-refractivity contribution in [3.8, 4) is 21.8 Å². The van der Waals surface area contributed by atoms with Gasteiger partial charge in [0.1, 0.15) is 5.82 Å². The van der Waals surface area contributed by atoms with Crippen LogP contribution in [-0.4, -0.2) is 22.2 Å². The van der Waals surface area contributed by atoms with E-state index in [1.807, 2.05) is 26.1 Å². The van der Waals surface area contributed by atoms with Gasteiger partial charge in [0.05, 0.1) is 5.69 Å². The Labute approximate surface area is 125 Å². The molecule has 0 radical (unpaired) electrons. The number of aromatic nitrogens is 3. The van der Waals surface area contributed by atoms with Crippen LogP contribution in [0.4, 0.5) is 9.52 Å². The SMILES string of the molecule is CNc1nnc(-c2ccc(-c3ccc(F)cc3)nc2C)s1. The highest BCUT2D eigenvalue weighted by Crippen LogP contribution is 2.29. The van der Waals surface area contributed by atoms with Crippen LogP contribution >= 0.6 is 11.3 Å². The average Bonchev–Trinajstić information content (AvgIpc) is 2.96. The molecule has 0 aliphatic carbocycles. The van der Waals surface area contributed by atoms with Gasteiger partial charge in [0, 0.05) is 23.9 Å². The van der Waals surface area contributed by atoms with Gasteiger partial charge in [-0.2, -0.15) is 0 Å². The number of nitrogens with one attached hydrogen (secondary N) is 1. The molecular weight excluding hydrogens is 287 g/mol. The average molecular weight is 300 g/mol. The van der Waals surface area contributed by atoms with Crippen molar-refractivity contribution >= 4 is 16.5 Å². The van der Waals surface area contributed by atoms with Crippen LogP contribution in [0.5, 0.6) is 0 Å². The largest absolute Gasteiger partial charge is 0.363 e. The maximum Gasteiger partial charge on any atom is 0.205 e. The van der Waals surface area contributed by atoms with Crippen molar-refractivity contribution in [2.45, 2.75) is 6.92 Å². The van der Waals surface area contributed by atoms with Gasteiger partial charge in [-0.25, -0.2) is 4.39 Å². The third-order valence-corrected chi connectivity index (χ3v) is 4.07. The zero-order valence-corrected chi connectivity index (χ0v) is 12.4. The monoisotopic (exact) mass is 300 g/mol. The van der Waals surface area contributed by atoms with E-state index in [0.717, 1.165) is 32.7 Å². The number of pyridine rings is 1. The van der Waals surface area contributed by atoms with Gasteiger partial charge < -0.3 is 5.32 Å². The Morgan fingerprint density at radius 3 is 2.43 bits per heavy atom. The van der Waals surface area contributed by atoms with Gasteiger partial charge in [0.25, 0.3) is 0 Å². The zero-order chi connectivity index (χ0) is 14.8. The van der Waals surface area contributed by atoms with Crippen LogP contribution in [0.25, 0.3) is 21.8 Å². The molecule has 21 heavy (non-hydrogen) atoms. The zero-order valence-electron chi connectivity index (χ0n) is 11.6. The smallest absolute Gasteiger partial charge is 0.205 e. The Kier molecular flexibility index (Phi) is 3.62. The Morgan fingerprint density at radius 1 is 1.05 bits per heavy atom. The van der Waals surface area contributed by atoms with Crippen molar-refractivity contribution in [1.82, 2.24) is 15.2 Å². The number of rotatable bonds is 3. The highest BCUT2D eigenvalue weighted by Gasteiger charge is 2.10. The van der Waals surface area contributed by atoms with Crippen LogP contribution in [0.15, 0.2) is 36.4 Å². The number of nitrogens with zero attached hydrogens (tertiary/aromatic N) is 3. The first kappa shape index (κ1) is 13.6. The normalized spacial score (nSPS) is 10.6. The van der Waals surface area contributed by atoms with E-state index in [1.54, 1.807) is 12.1 Å². The van der Waals surface area contributed by atoms with E-state index in [2.05, 4.69) is 20.5 Å². The van der Waals surface area contributed by atoms with Gasteiger partial charge in [0.2, 0.25) is 5.13 Å². The lowest BCUT2D eigenvalue weighted by molar-refractivity contribution is 0.628. The van der Waals surface area contributed by atoms with Crippen LogP contribution in [0.1, 0.15) is 5.69 Å². The standard InChI is InChI=1S/C15H13FN4S/c1-9-12(14-19-20-15(17-2)21-14)7-8-13(18-9)10-3-5-11(16)6-4-10/h3-8H,1-2H3,(H,17,20). The third kappa shape index (κ3) is 2.75. The number of hydrogen-bond acceptors (Lipinski definition) is 5. The van der Waals surface area contributed by atoms with Crippen molar-refractivity contribution in [2.75, 3.05) is 12.4 Å². The first-order chi connectivity index (χ1) is 10.2. The van der Waals surface area contributed by atoms with E-state index in [0.29, 0.717) is 0 Å². The van der Waals surface area contributed by atoms with E-state index < -0.39 is 0 Å². The fourth-order valence-corrected chi connectivity index (χ4v) is 2.78. The summed E-state index contributed by atoms with van der Waals surface area (Å²) < 4.78 is 13.0. The summed E-state index contributed by atoms with van der Waals surface area (Å²) in [4.78, 5) is 4.58. The molecule has 106 valence electrons. The second kappa shape index (κ2) is 5.57. The van der Waals surface area contributed by atoms with Crippen LogP contribution in [0.2, 0.25) is 0 Å². The van der Waals surface area contributed by atoms with E-state index in [1.165, 1.54) is 23.5 Å². The number of hydrogen-bond donors (Lipinski definition) is 1. The summed E-state index contributed by atoms with van der Waals surface area (Å²) in [6.07, 6.45) is 0. The van der Waals surface area contributed by atoms with Crippen molar-refractivity contribution in [1.29, 1.82) is 0 Å². The van der Waals surface area contributed by atoms with Gasteiger partial charge >= 0.3 is 0 Å². The van der Waals surface area contributed by atoms with Crippen LogP contribution in [0.3, 0.4) is 0 Å². The minimum atomic E-state index is -0.249. The number of aryl methyl sites for hydroxylation is 1. The van der Waals surface area contributed by atoms with Gasteiger partial charge in [-0.3, -0.25) is 4.98 Å². The maximum absolute atomic E-state index is 13.0. The van der Waals surface area contributed by atoms with Gasteiger partial charge in [-0.1, -0.05) is 11.3 Å². The third-order valence-electron chi connectivity index (χ3n) is 3.10. The molecule has 0 fully saturated rings. The Bertz CT molecular complexity index is 768. The molecule has 0 amide bonds. The lowest BCUT2D eigenvalue weighted by Crippen LogP contribution is -1.91. The first-order valence-electron chi connectivity index (χ1n) is 6.42. The Morgan fingerprint density at radius 2 is 1.81 bits per heavy atom. The second-order valence-electron chi connectivity index (χ2n) is 4.50. The molecule has 0 spiro atoms. The molecule has 0 aliphatic rings. The molecule has 1 N–H and O–H groups in total. The molecule has 1 aromatic carbocycles. The summed E-state index contributed by atoms with van der Waals surface area (Å²) in [6, 6.07) is 10.2. The lowest BCUT2D eigenvalue weighted by Gasteiger charge is -2.05. The fourth-order valence-electron chi connectivity index (χ4n) is 2.00. The molecule has 4 nitrogen and oxygen atoms in total. The Balaban J connectivity index is 1.97. The molecule has 0 unspecified atom stereocenters. The molecule has 2 aromatic heterocycles. The number of halogens is 1. The predicted molar refractivity (Wildman–Crippen MR) is 82.8 cm³/mol. The molecule has 0 saturated heterocycles. The summed E-state index contributed by atoms with van der Waals surface area (Å²) in [5, 5.41) is 12.7. The summed E-state index contributed by atoms with van der Waals surface area (Å²) >= 11 is 1.48.